The zero-order valence-corrected chi connectivity index (χ0v) is 13.9. The number of carbonyl (C=O) groups is 1. The molecule has 0 aliphatic carbocycles. The first-order chi connectivity index (χ1) is 12.3. The van der Waals surface area contributed by atoms with Crippen LogP contribution < -0.4 is 5.32 Å². The van der Waals surface area contributed by atoms with Crippen molar-refractivity contribution in [3.63, 3.8) is 0 Å². The molecule has 1 aromatic carbocycles. The highest BCUT2D eigenvalue weighted by Gasteiger charge is 2.26. The van der Waals surface area contributed by atoms with Gasteiger partial charge in [-0.15, -0.1) is 0 Å². The van der Waals surface area contributed by atoms with Gasteiger partial charge in [-0.1, -0.05) is 18.2 Å². The summed E-state index contributed by atoms with van der Waals surface area (Å²) in [5.41, 5.74) is 2.72. The van der Waals surface area contributed by atoms with Crippen molar-refractivity contribution in [2.75, 3.05) is 13.1 Å². The second-order valence-electron chi connectivity index (χ2n) is 6.30. The van der Waals surface area contributed by atoms with Crippen LogP contribution in [0.3, 0.4) is 0 Å². The summed E-state index contributed by atoms with van der Waals surface area (Å²) in [6.07, 6.45) is 5.22. The number of aromatic nitrogens is 2. The SMILES string of the molecule is O=C(NCc1cccnc1)N1CCC(c2nc3ccccc3o2)CC1. The van der Waals surface area contributed by atoms with Crippen molar-refractivity contribution < 1.29 is 9.21 Å². The summed E-state index contributed by atoms with van der Waals surface area (Å²) in [5, 5.41) is 2.95. The van der Waals surface area contributed by atoms with Crippen LogP contribution in [0.5, 0.6) is 0 Å². The number of pyridine rings is 1. The summed E-state index contributed by atoms with van der Waals surface area (Å²) in [6.45, 7) is 1.92. The third-order valence-electron chi connectivity index (χ3n) is 4.61. The quantitative estimate of drug-likeness (QED) is 0.796. The van der Waals surface area contributed by atoms with Crippen LogP contribution in [0, 0.1) is 0 Å². The maximum absolute atomic E-state index is 12.3. The molecule has 2 amide bonds. The largest absolute Gasteiger partial charge is 0.440 e. The van der Waals surface area contributed by atoms with Crippen LogP contribution in [-0.4, -0.2) is 34.0 Å². The number of oxazole rings is 1. The van der Waals surface area contributed by atoms with Crippen LogP contribution in [0.4, 0.5) is 4.79 Å². The van der Waals surface area contributed by atoms with E-state index in [1.807, 2.05) is 41.3 Å². The minimum Gasteiger partial charge on any atom is -0.440 e. The van der Waals surface area contributed by atoms with E-state index in [0.717, 1.165) is 35.4 Å². The highest BCUT2D eigenvalue weighted by atomic mass is 16.3. The van der Waals surface area contributed by atoms with Gasteiger partial charge in [-0.2, -0.15) is 0 Å². The fraction of sp³-hybridized carbons (Fsp3) is 0.316. The number of fused-ring (bicyclic) bond motifs is 1. The van der Waals surface area contributed by atoms with Crippen LogP contribution in [-0.2, 0) is 6.54 Å². The molecule has 3 heterocycles. The van der Waals surface area contributed by atoms with Crippen molar-refractivity contribution >= 4 is 17.1 Å². The Kier molecular flexibility index (Phi) is 4.33. The normalized spacial score (nSPS) is 15.4. The molecule has 0 radical (unpaired) electrons. The number of hydrogen-bond donors (Lipinski definition) is 1. The molecule has 0 saturated carbocycles. The summed E-state index contributed by atoms with van der Waals surface area (Å²) in [5.74, 6) is 1.06. The fourth-order valence-corrected chi connectivity index (χ4v) is 3.19. The van der Waals surface area contributed by atoms with Gasteiger partial charge >= 0.3 is 6.03 Å². The van der Waals surface area contributed by atoms with Gasteiger partial charge < -0.3 is 14.6 Å². The molecule has 0 spiro atoms. The number of nitrogens with zero attached hydrogens (tertiary/aromatic N) is 3. The van der Waals surface area contributed by atoms with Crippen LogP contribution >= 0.6 is 0 Å². The Hall–Kier alpha value is -2.89. The molecule has 1 aliphatic rings. The van der Waals surface area contributed by atoms with Gasteiger partial charge in [0.15, 0.2) is 11.5 Å². The lowest BCUT2D eigenvalue weighted by molar-refractivity contribution is 0.177. The van der Waals surface area contributed by atoms with Crippen molar-refractivity contribution in [2.45, 2.75) is 25.3 Å². The van der Waals surface area contributed by atoms with Crippen LogP contribution in [0.15, 0.2) is 53.2 Å². The van der Waals surface area contributed by atoms with Gasteiger partial charge in [0, 0.05) is 37.9 Å². The average Bonchev–Trinajstić information content (AvgIpc) is 3.11. The standard InChI is InChI=1S/C19H20N4O2/c24-19(21-13-14-4-3-9-20-12-14)23-10-7-15(8-11-23)18-22-16-5-1-2-6-17(16)25-18/h1-6,9,12,15H,7-8,10-11,13H2,(H,21,24). The molecule has 1 aliphatic heterocycles. The molecular formula is C19H20N4O2. The zero-order chi connectivity index (χ0) is 17.1. The van der Waals surface area contributed by atoms with Crippen molar-refractivity contribution in [3.05, 3.63) is 60.2 Å². The molecule has 2 aromatic heterocycles. The van der Waals surface area contributed by atoms with E-state index in [0.29, 0.717) is 19.6 Å². The number of para-hydroxylation sites is 2. The maximum Gasteiger partial charge on any atom is 0.317 e. The Morgan fingerprint density at radius 2 is 2.04 bits per heavy atom. The van der Waals surface area contributed by atoms with Gasteiger partial charge in [-0.3, -0.25) is 4.98 Å². The van der Waals surface area contributed by atoms with Crippen LogP contribution in [0.25, 0.3) is 11.1 Å². The average molecular weight is 336 g/mol. The Morgan fingerprint density at radius 3 is 2.80 bits per heavy atom. The molecule has 128 valence electrons. The number of piperidine rings is 1. The van der Waals surface area contributed by atoms with E-state index < -0.39 is 0 Å². The first kappa shape index (κ1) is 15.6. The first-order valence-electron chi connectivity index (χ1n) is 8.57. The van der Waals surface area contributed by atoms with Gasteiger partial charge in [0.05, 0.1) is 0 Å². The van der Waals surface area contributed by atoms with Crippen molar-refractivity contribution in [3.8, 4) is 0 Å². The molecule has 6 nitrogen and oxygen atoms in total. The smallest absolute Gasteiger partial charge is 0.317 e. The Labute approximate surface area is 145 Å². The highest BCUT2D eigenvalue weighted by molar-refractivity contribution is 5.74. The molecule has 3 aromatic rings. The highest BCUT2D eigenvalue weighted by Crippen LogP contribution is 2.29. The van der Waals surface area contributed by atoms with E-state index in [2.05, 4.69) is 15.3 Å². The van der Waals surface area contributed by atoms with Crippen molar-refractivity contribution in [2.24, 2.45) is 0 Å². The van der Waals surface area contributed by atoms with E-state index in [1.165, 1.54) is 0 Å². The predicted octanol–water partition coefficient (Wildman–Crippen LogP) is 3.31. The summed E-state index contributed by atoms with van der Waals surface area (Å²) >= 11 is 0. The summed E-state index contributed by atoms with van der Waals surface area (Å²) in [7, 11) is 0. The second-order valence-corrected chi connectivity index (χ2v) is 6.30. The van der Waals surface area contributed by atoms with Gasteiger partial charge in [-0.25, -0.2) is 9.78 Å². The topological polar surface area (TPSA) is 71.3 Å². The molecule has 1 saturated heterocycles. The maximum atomic E-state index is 12.3. The van der Waals surface area contributed by atoms with Gasteiger partial charge in [0.1, 0.15) is 5.52 Å². The minimum absolute atomic E-state index is 0.0279. The van der Waals surface area contributed by atoms with Gasteiger partial charge in [-0.05, 0) is 36.6 Å². The number of hydrogen-bond acceptors (Lipinski definition) is 4. The van der Waals surface area contributed by atoms with Crippen molar-refractivity contribution in [1.82, 2.24) is 20.2 Å². The van der Waals surface area contributed by atoms with E-state index >= 15 is 0 Å². The van der Waals surface area contributed by atoms with E-state index in [4.69, 9.17) is 4.42 Å². The lowest BCUT2D eigenvalue weighted by atomic mass is 9.97. The summed E-state index contributed by atoms with van der Waals surface area (Å²) in [4.78, 5) is 22.8. The summed E-state index contributed by atoms with van der Waals surface area (Å²) < 4.78 is 5.87. The number of carbonyl (C=O) groups excluding carboxylic acids is 1. The number of urea groups is 1. The van der Waals surface area contributed by atoms with E-state index in [1.54, 1.807) is 12.4 Å². The number of nitrogens with one attached hydrogen (secondary N) is 1. The molecular weight excluding hydrogens is 316 g/mol. The number of amides is 2. The zero-order valence-electron chi connectivity index (χ0n) is 13.9. The number of benzene rings is 1. The lowest BCUT2D eigenvalue weighted by Crippen LogP contribution is -2.43. The molecule has 0 unspecified atom stereocenters. The molecule has 4 rings (SSSR count). The molecule has 0 atom stereocenters. The lowest BCUT2D eigenvalue weighted by Gasteiger charge is -2.30. The molecule has 25 heavy (non-hydrogen) atoms. The van der Waals surface area contributed by atoms with Crippen LogP contribution in [0.2, 0.25) is 0 Å². The molecule has 0 bridgehead atoms. The monoisotopic (exact) mass is 336 g/mol. The molecule has 6 heteroatoms. The van der Waals surface area contributed by atoms with Crippen LogP contribution in [0.1, 0.15) is 30.2 Å². The minimum atomic E-state index is -0.0279. The Morgan fingerprint density at radius 1 is 1.20 bits per heavy atom. The number of likely N-dealkylation sites (tertiary alicyclic amines) is 1. The second kappa shape index (κ2) is 6.93. The third kappa shape index (κ3) is 3.47. The predicted molar refractivity (Wildman–Crippen MR) is 94.0 cm³/mol. The van der Waals surface area contributed by atoms with E-state index in [9.17, 15) is 4.79 Å². The first-order valence-corrected chi connectivity index (χ1v) is 8.57. The number of rotatable bonds is 3. The van der Waals surface area contributed by atoms with Gasteiger partial charge in [0.2, 0.25) is 0 Å². The fourth-order valence-electron chi connectivity index (χ4n) is 3.19. The Balaban J connectivity index is 1.32. The van der Waals surface area contributed by atoms with Crippen molar-refractivity contribution in [1.29, 1.82) is 0 Å². The van der Waals surface area contributed by atoms with E-state index in [-0.39, 0.29) is 11.9 Å². The third-order valence-corrected chi connectivity index (χ3v) is 4.61. The Bertz CT molecular complexity index is 821. The van der Waals surface area contributed by atoms with Gasteiger partial charge in [0.25, 0.3) is 0 Å². The molecule has 1 fully saturated rings. The molecule has 1 N–H and O–H groups in total. The summed E-state index contributed by atoms with van der Waals surface area (Å²) in [6, 6.07) is 11.6.